The fraction of sp³-hybridized carbons (Fsp3) is 0.192. The van der Waals surface area contributed by atoms with Crippen LogP contribution in [0.3, 0.4) is 0 Å². The Kier molecular flexibility index (Phi) is 5.48. The Hall–Kier alpha value is -3.64. The largest absolute Gasteiger partial charge is 0.330 e. The van der Waals surface area contributed by atoms with E-state index < -0.39 is 40.4 Å². The number of ether oxygens (including phenoxy) is 1. The number of anilines is 1. The molecular weight excluding hydrogens is 409 g/mol. The first-order chi connectivity index (χ1) is 15.3. The number of rotatable bonds is 7. The van der Waals surface area contributed by atoms with Gasteiger partial charge in [0, 0.05) is 17.2 Å². The average Bonchev–Trinajstić information content (AvgIpc) is 3.52. The van der Waals surface area contributed by atoms with Gasteiger partial charge in [0.2, 0.25) is 17.0 Å². The lowest BCUT2D eigenvalue weighted by molar-refractivity contribution is -0.135. The van der Waals surface area contributed by atoms with Gasteiger partial charge < -0.3 is 10.1 Å². The Morgan fingerprint density at radius 3 is 1.97 bits per heavy atom. The van der Waals surface area contributed by atoms with Crippen molar-refractivity contribution in [1.82, 2.24) is 0 Å². The van der Waals surface area contributed by atoms with E-state index in [0.717, 1.165) is 12.1 Å². The van der Waals surface area contributed by atoms with Crippen LogP contribution in [0.4, 0.5) is 10.1 Å². The lowest BCUT2D eigenvalue weighted by Crippen LogP contribution is -2.48. The van der Waals surface area contributed by atoms with Gasteiger partial charge in [-0.3, -0.25) is 14.4 Å². The molecule has 3 aromatic carbocycles. The minimum atomic E-state index is -2.05. The third kappa shape index (κ3) is 3.33. The normalized spacial score (nSPS) is 21.8. The Labute approximate surface area is 185 Å². The molecule has 1 fully saturated rings. The number of epoxide rings is 1. The molecule has 0 spiro atoms. The van der Waals surface area contributed by atoms with Crippen LogP contribution in [0.5, 0.6) is 0 Å². The highest BCUT2D eigenvalue weighted by Crippen LogP contribution is 2.59. The number of carbonyl (C=O) groups excluding carboxylic acids is 3. The Morgan fingerprint density at radius 1 is 0.844 bits per heavy atom. The molecule has 4 rings (SSSR count). The molecule has 1 heterocycles. The number of nitrogens with one attached hydrogen (secondary N) is 1. The van der Waals surface area contributed by atoms with Crippen molar-refractivity contribution in [1.29, 1.82) is 0 Å². The summed E-state index contributed by atoms with van der Waals surface area (Å²) >= 11 is 0. The van der Waals surface area contributed by atoms with Gasteiger partial charge in [0.1, 0.15) is 5.82 Å². The predicted octanol–water partition coefficient (Wildman–Crippen LogP) is 4.54. The van der Waals surface area contributed by atoms with Crippen molar-refractivity contribution in [2.45, 2.75) is 25.0 Å². The summed E-state index contributed by atoms with van der Waals surface area (Å²) in [4.78, 5) is 40.8. The molecule has 0 aliphatic carbocycles. The maximum absolute atomic E-state index is 13.8. The average molecular weight is 431 g/mol. The summed E-state index contributed by atoms with van der Waals surface area (Å²) in [5.74, 6) is -2.89. The zero-order valence-corrected chi connectivity index (χ0v) is 17.7. The first-order valence-electron chi connectivity index (χ1n) is 10.3. The maximum Gasteiger partial charge on any atom is 0.268 e. The fourth-order valence-electron chi connectivity index (χ4n) is 3.97. The second-order valence-corrected chi connectivity index (χ2v) is 8.01. The molecule has 1 saturated heterocycles. The number of carbonyl (C=O) groups is 3. The van der Waals surface area contributed by atoms with E-state index in [1.807, 2.05) is 0 Å². The van der Waals surface area contributed by atoms with Crippen molar-refractivity contribution in [2.75, 3.05) is 5.32 Å². The number of halogens is 1. The van der Waals surface area contributed by atoms with Crippen molar-refractivity contribution in [3.05, 3.63) is 102 Å². The molecule has 0 unspecified atom stereocenters. The van der Waals surface area contributed by atoms with Gasteiger partial charge in [0.25, 0.3) is 5.91 Å². The molecule has 32 heavy (non-hydrogen) atoms. The van der Waals surface area contributed by atoms with Crippen LogP contribution in [0.15, 0.2) is 84.9 Å². The fourth-order valence-corrected chi connectivity index (χ4v) is 3.97. The number of hydrogen-bond acceptors (Lipinski definition) is 4. The maximum atomic E-state index is 13.8. The summed E-state index contributed by atoms with van der Waals surface area (Å²) in [5, 5.41) is 2.72. The third-order valence-electron chi connectivity index (χ3n) is 5.59. The molecule has 0 saturated carbocycles. The van der Waals surface area contributed by atoms with E-state index in [1.54, 1.807) is 74.5 Å². The van der Waals surface area contributed by atoms with Crippen molar-refractivity contribution >= 4 is 23.2 Å². The number of ketones is 2. The SMILES string of the molecule is CC(C)C(=O)[C@@]1(C(=O)Nc2ccccc2)O[C@@]1(C(=O)c1ccc(F)cc1)c1ccccc1. The van der Waals surface area contributed by atoms with E-state index in [-0.39, 0.29) is 5.56 Å². The quantitative estimate of drug-likeness (QED) is 0.339. The summed E-state index contributed by atoms with van der Waals surface area (Å²) in [5.41, 5.74) is -2.91. The van der Waals surface area contributed by atoms with Gasteiger partial charge in [-0.25, -0.2) is 4.39 Å². The number of benzene rings is 3. The van der Waals surface area contributed by atoms with E-state index in [0.29, 0.717) is 11.3 Å². The van der Waals surface area contributed by atoms with Crippen molar-refractivity contribution in [2.24, 2.45) is 5.92 Å². The van der Waals surface area contributed by atoms with Crippen LogP contribution >= 0.6 is 0 Å². The molecule has 3 aromatic rings. The highest BCUT2D eigenvalue weighted by atomic mass is 19.1. The zero-order valence-electron chi connectivity index (χ0n) is 17.7. The van der Waals surface area contributed by atoms with E-state index >= 15 is 0 Å². The standard InChI is InChI=1S/C26H22FNO4/c1-17(2)22(29)26(24(31)28-21-11-7-4-8-12-21)25(32-26,19-9-5-3-6-10-19)23(30)18-13-15-20(27)16-14-18/h3-17H,1-2H3,(H,28,31)/t25-,26+/m1/s1. The van der Waals surface area contributed by atoms with Crippen LogP contribution in [0, 0.1) is 11.7 Å². The lowest BCUT2D eigenvalue weighted by Gasteiger charge is -2.20. The molecule has 5 nitrogen and oxygen atoms in total. The Morgan fingerprint density at radius 2 is 1.41 bits per heavy atom. The van der Waals surface area contributed by atoms with Crippen LogP contribution in [0.1, 0.15) is 29.8 Å². The van der Waals surface area contributed by atoms with Gasteiger partial charge in [0.15, 0.2) is 5.78 Å². The van der Waals surface area contributed by atoms with Crippen LogP contribution in [-0.2, 0) is 19.9 Å². The number of amides is 1. The van der Waals surface area contributed by atoms with E-state index in [9.17, 15) is 18.8 Å². The molecule has 1 N–H and O–H groups in total. The van der Waals surface area contributed by atoms with Crippen molar-refractivity contribution < 1.29 is 23.5 Å². The number of para-hydroxylation sites is 1. The van der Waals surface area contributed by atoms with E-state index in [2.05, 4.69) is 5.32 Å². The zero-order chi connectivity index (χ0) is 22.9. The first-order valence-corrected chi connectivity index (χ1v) is 10.3. The highest BCUT2D eigenvalue weighted by molar-refractivity contribution is 6.26. The molecule has 1 aliphatic rings. The summed E-state index contributed by atoms with van der Waals surface area (Å²) in [6.45, 7) is 3.30. The molecule has 1 aliphatic heterocycles. The second kappa shape index (κ2) is 8.13. The predicted molar refractivity (Wildman–Crippen MR) is 118 cm³/mol. The molecular formula is C26H22FNO4. The van der Waals surface area contributed by atoms with Crippen molar-refractivity contribution in [3.8, 4) is 0 Å². The topological polar surface area (TPSA) is 75.8 Å². The summed E-state index contributed by atoms with van der Waals surface area (Å²) < 4.78 is 19.5. The monoisotopic (exact) mass is 431 g/mol. The van der Waals surface area contributed by atoms with Crippen LogP contribution in [-0.4, -0.2) is 23.1 Å². The van der Waals surface area contributed by atoms with E-state index in [4.69, 9.17) is 4.74 Å². The second-order valence-electron chi connectivity index (χ2n) is 8.01. The van der Waals surface area contributed by atoms with Gasteiger partial charge in [0.05, 0.1) is 0 Å². The Bertz CT molecular complexity index is 1160. The Balaban J connectivity index is 1.87. The third-order valence-corrected chi connectivity index (χ3v) is 5.59. The molecule has 0 aromatic heterocycles. The van der Waals surface area contributed by atoms with E-state index in [1.165, 1.54) is 12.1 Å². The number of Topliss-reactive ketones (excluding diaryl/α,β-unsaturated/α-hetero) is 2. The van der Waals surface area contributed by atoms with Gasteiger partial charge >= 0.3 is 0 Å². The lowest BCUT2D eigenvalue weighted by atomic mass is 9.75. The molecule has 1 amide bonds. The minimum Gasteiger partial charge on any atom is -0.330 e. The summed E-state index contributed by atoms with van der Waals surface area (Å²) in [7, 11) is 0. The van der Waals surface area contributed by atoms with Crippen LogP contribution < -0.4 is 5.32 Å². The van der Waals surface area contributed by atoms with Crippen LogP contribution in [0.25, 0.3) is 0 Å². The number of hydrogen-bond donors (Lipinski definition) is 1. The molecule has 0 radical (unpaired) electrons. The van der Waals surface area contributed by atoms with Crippen molar-refractivity contribution in [3.63, 3.8) is 0 Å². The summed E-state index contributed by atoms with van der Waals surface area (Å²) in [6, 6.07) is 22.1. The van der Waals surface area contributed by atoms with Gasteiger partial charge in [-0.15, -0.1) is 0 Å². The molecule has 6 heteroatoms. The summed E-state index contributed by atoms with van der Waals surface area (Å²) in [6.07, 6.45) is 0. The minimum absolute atomic E-state index is 0.140. The molecule has 2 atom stereocenters. The smallest absolute Gasteiger partial charge is 0.268 e. The highest BCUT2D eigenvalue weighted by Gasteiger charge is 2.83. The molecule has 0 bridgehead atoms. The van der Waals surface area contributed by atoms with Gasteiger partial charge in [-0.05, 0) is 42.0 Å². The van der Waals surface area contributed by atoms with Gasteiger partial charge in [-0.1, -0.05) is 62.4 Å². The van der Waals surface area contributed by atoms with Gasteiger partial charge in [-0.2, -0.15) is 0 Å². The van der Waals surface area contributed by atoms with Crippen LogP contribution in [0.2, 0.25) is 0 Å². The first kappa shape index (κ1) is 21.6. The molecule has 162 valence electrons.